The number of rotatable bonds is 1. The summed E-state index contributed by atoms with van der Waals surface area (Å²) in [6.07, 6.45) is 11.6. The summed E-state index contributed by atoms with van der Waals surface area (Å²) in [5, 5.41) is 0. The molecule has 88 valence electrons. The number of hydrogen-bond acceptors (Lipinski definition) is 0. The highest BCUT2D eigenvalue weighted by Gasteiger charge is 2.67. The zero-order valence-electron chi connectivity index (χ0n) is 11.0. The minimum Gasteiger partial charge on any atom is -0.0988 e. The van der Waals surface area contributed by atoms with Crippen LogP contribution in [0.5, 0.6) is 0 Å². The van der Waals surface area contributed by atoms with Crippen LogP contribution in [0.1, 0.15) is 52.9 Å². The molecule has 0 unspecified atom stereocenters. The van der Waals surface area contributed by atoms with Gasteiger partial charge >= 0.3 is 0 Å². The maximum Gasteiger partial charge on any atom is -0.0100 e. The van der Waals surface area contributed by atoms with Crippen LogP contribution in [0.25, 0.3) is 0 Å². The molecule has 0 heteroatoms. The molecule has 4 atom stereocenters. The van der Waals surface area contributed by atoms with Crippen molar-refractivity contribution in [3.8, 4) is 0 Å². The van der Waals surface area contributed by atoms with Gasteiger partial charge in [-0.15, -0.1) is 0 Å². The highest BCUT2D eigenvalue weighted by atomic mass is 14.7. The molecule has 0 aromatic carbocycles. The van der Waals surface area contributed by atoms with E-state index in [-0.39, 0.29) is 0 Å². The Bertz CT molecular complexity index is 377. The topological polar surface area (TPSA) is 0 Å². The zero-order valence-corrected chi connectivity index (χ0v) is 11.0. The van der Waals surface area contributed by atoms with Crippen molar-refractivity contribution in [3.63, 3.8) is 0 Å². The van der Waals surface area contributed by atoms with E-state index in [1.54, 1.807) is 5.57 Å². The number of allylic oxidation sites excluding steroid dienone is 3. The van der Waals surface area contributed by atoms with Gasteiger partial charge < -0.3 is 0 Å². The first-order valence-electron chi connectivity index (χ1n) is 6.79. The van der Waals surface area contributed by atoms with Crippen molar-refractivity contribution in [1.82, 2.24) is 0 Å². The fourth-order valence-corrected chi connectivity index (χ4v) is 5.33. The van der Waals surface area contributed by atoms with E-state index >= 15 is 0 Å². The van der Waals surface area contributed by atoms with E-state index in [9.17, 15) is 0 Å². The third kappa shape index (κ3) is 0.893. The second kappa shape index (κ2) is 2.83. The summed E-state index contributed by atoms with van der Waals surface area (Å²) in [5.41, 5.74) is 3.20. The quantitative estimate of drug-likeness (QED) is 0.594. The summed E-state index contributed by atoms with van der Waals surface area (Å²) >= 11 is 0. The van der Waals surface area contributed by atoms with Crippen LogP contribution in [-0.2, 0) is 0 Å². The highest BCUT2D eigenvalue weighted by Crippen LogP contribution is 2.76. The summed E-state index contributed by atoms with van der Waals surface area (Å²) in [5.74, 6) is 0.788. The second-order valence-corrected chi connectivity index (χ2v) is 7.03. The van der Waals surface area contributed by atoms with Crippen molar-refractivity contribution in [3.05, 3.63) is 24.3 Å². The van der Waals surface area contributed by atoms with Crippen molar-refractivity contribution in [1.29, 1.82) is 0 Å². The first-order chi connectivity index (χ1) is 7.47. The smallest absolute Gasteiger partial charge is 0.0100 e. The molecule has 0 nitrogen and oxygen atoms in total. The Kier molecular flexibility index (Phi) is 1.88. The summed E-state index contributed by atoms with van der Waals surface area (Å²) in [6.45, 7) is 11.7. The Balaban J connectivity index is 2.16. The molecule has 0 aromatic rings. The Morgan fingerprint density at radius 2 is 2.06 bits per heavy atom. The molecule has 3 rings (SSSR count). The Labute approximate surface area is 99.8 Å². The largest absolute Gasteiger partial charge is 0.0988 e. The van der Waals surface area contributed by atoms with Crippen LogP contribution in [0.15, 0.2) is 24.3 Å². The van der Waals surface area contributed by atoms with Crippen LogP contribution in [0, 0.1) is 22.2 Å². The molecule has 3 aliphatic rings. The average Bonchev–Trinajstić information content (AvgIpc) is 2.63. The van der Waals surface area contributed by atoms with E-state index in [1.165, 1.54) is 32.1 Å². The maximum atomic E-state index is 4.02. The lowest BCUT2D eigenvalue weighted by molar-refractivity contribution is 0.0356. The summed E-state index contributed by atoms with van der Waals surface area (Å²) in [6, 6.07) is 0. The summed E-state index contributed by atoms with van der Waals surface area (Å²) in [7, 11) is 0. The maximum absolute atomic E-state index is 4.02. The lowest BCUT2D eigenvalue weighted by atomic mass is 9.59. The molecule has 0 spiro atoms. The molecule has 0 heterocycles. The molecule has 0 amide bonds. The van der Waals surface area contributed by atoms with Gasteiger partial charge in [0.1, 0.15) is 0 Å². The van der Waals surface area contributed by atoms with Crippen molar-refractivity contribution in [2.45, 2.75) is 52.9 Å². The summed E-state index contributed by atoms with van der Waals surface area (Å²) < 4.78 is 0. The van der Waals surface area contributed by atoms with Crippen LogP contribution >= 0.6 is 0 Å². The van der Waals surface area contributed by atoms with Gasteiger partial charge in [0.2, 0.25) is 0 Å². The van der Waals surface area contributed by atoms with E-state index < -0.39 is 0 Å². The number of hydrogen-bond donors (Lipinski definition) is 0. The molecule has 0 N–H and O–H groups in total. The third-order valence-corrected chi connectivity index (χ3v) is 6.82. The molecule has 2 saturated carbocycles. The average molecular weight is 216 g/mol. The van der Waals surface area contributed by atoms with Gasteiger partial charge in [0, 0.05) is 0 Å². The highest BCUT2D eigenvalue weighted by molar-refractivity contribution is 5.34. The van der Waals surface area contributed by atoms with Crippen molar-refractivity contribution < 1.29 is 0 Å². The van der Waals surface area contributed by atoms with Crippen LogP contribution in [0.3, 0.4) is 0 Å². The SMILES string of the molecule is C=CC1=CC[C@]2(C)C[C@H]1[C@]1(C)CCC[C@]21C. The van der Waals surface area contributed by atoms with Gasteiger partial charge in [-0.25, -0.2) is 0 Å². The van der Waals surface area contributed by atoms with E-state index in [1.807, 2.05) is 0 Å². The van der Waals surface area contributed by atoms with Crippen LogP contribution in [-0.4, -0.2) is 0 Å². The molecule has 0 radical (unpaired) electrons. The fourth-order valence-electron chi connectivity index (χ4n) is 5.33. The lowest BCUT2D eigenvalue weighted by Gasteiger charge is -2.45. The molecule has 2 bridgehead atoms. The fraction of sp³-hybridized carbons (Fsp3) is 0.750. The molecular formula is C16H24. The molecule has 16 heavy (non-hydrogen) atoms. The molecule has 3 aliphatic carbocycles. The van der Waals surface area contributed by atoms with Crippen LogP contribution < -0.4 is 0 Å². The molecule has 2 fully saturated rings. The zero-order chi connectivity index (χ0) is 11.6. The van der Waals surface area contributed by atoms with E-state index in [0.717, 1.165) is 5.92 Å². The monoisotopic (exact) mass is 216 g/mol. The standard InChI is InChI=1S/C16H24/c1-5-12-7-10-14(2)11-13(12)15(3)8-6-9-16(14,15)4/h5,7,13H,1,6,8-11H2,2-4H3/t13-,14-,15+,16-/m1/s1. The predicted molar refractivity (Wildman–Crippen MR) is 69.2 cm³/mol. The Morgan fingerprint density at radius 3 is 2.75 bits per heavy atom. The van der Waals surface area contributed by atoms with Gasteiger partial charge in [0.05, 0.1) is 0 Å². The molecule has 0 aromatic heterocycles. The van der Waals surface area contributed by atoms with E-state index in [0.29, 0.717) is 16.2 Å². The van der Waals surface area contributed by atoms with Gasteiger partial charge in [-0.3, -0.25) is 0 Å². The van der Waals surface area contributed by atoms with Gasteiger partial charge in [-0.1, -0.05) is 45.9 Å². The third-order valence-electron chi connectivity index (χ3n) is 6.82. The van der Waals surface area contributed by atoms with Gasteiger partial charge in [-0.2, -0.15) is 0 Å². The van der Waals surface area contributed by atoms with E-state index in [2.05, 4.69) is 39.5 Å². The van der Waals surface area contributed by atoms with Gasteiger partial charge in [0.25, 0.3) is 0 Å². The number of fused-ring (bicyclic) bond motifs is 5. The first kappa shape index (κ1) is 10.6. The minimum absolute atomic E-state index is 0.540. The van der Waals surface area contributed by atoms with Crippen molar-refractivity contribution in [2.75, 3.05) is 0 Å². The predicted octanol–water partition coefficient (Wildman–Crippen LogP) is 4.73. The lowest BCUT2D eigenvalue weighted by Crippen LogP contribution is -2.38. The van der Waals surface area contributed by atoms with Gasteiger partial charge in [0.15, 0.2) is 0 Å². The first-order valence-corrected chi connectivity index (χ1v) is 6.79. The Hall–Kier alpha value is -0.520. The normalized spacial score (nSPS) is 54.7. The van der Waals surface area contributed by atoms with E-state index in [4.69, 9.17) is 0 Å². The van der Waals surface area contributed by atoms with Gasteiger partial charge in [-0.05, 0) is 53.4 Å². The van der Waals surface area contributed by atoms with Crippen LogP contribution in [0.2, 0.25) is 0 Å². The van der Waals surface area contributed by atoms with Crippen LogP contribution in [0.4, 0.5) is 0 Å². The Morgan fingerprint density at radius 1 is 1.31 bits per heavy atom. The summed E-state index contributed by atoms with van der Waals surface area (Å²) in [4.78, 5) is 0. The molecular weight excluding hydrogens is 192 g/mol. The second-order valence-electron chi connectivity index (χ2n) is 7.03. The van der Waals surface area contributed by atoms with Crippen molar-refractivity contribution in [2.24, 2.45) is 22.2 Å². The van der Waals surface area contributed by atoms with Crippen molar-refractivity contribution >= 4 is 0 Å². The molecule has 0 saturated heterocycles. The molecule has 0 aliphatic heterocycles. The minimum atomic E-state index is 0.540.